The van der Waals surface area contributed by atoms with Crippen molar-refractivity contribution in [3.8, 4) is 0 Å². The lowest BCUT2D eigenvalue weighted by molar-refractivity contribution is 0.518. The van der Waals surface area contributed by atoms with Crippen LogP contribution < -0.4 is 0 Å². The summed E-state index contributed by atoms with van der Waals surface area (Å²) in [6, 6.07) is 8.51. The fourth-order valence-electron chi connectivity index (χ4n) is 2.43. The third kappa shape index (κ3) is 2.29. The van der Waals surface area contributed by atoms with E-state index in [2.05, 4.69) is 49.7 Å². The molecule has 0 radical (unpaired) electrons. The normalized spacial score (nSPS) is 14.6. The molecule has 1 aliphatic rings. The van der Waals surface area contributed by atoms with E-state index in [1.807, 2.05) is 6.20 Å². The molecule has 0 amide bonds. The second-order valence-electron chi connectivity index (χ2n) is 4.58. The van der Waals surface area contributed by atoms with Crippen molar-refractivity contribution in [3.05, 3.63) is 52.0 Å². The van der Waals surface area contributed by atoms with Crippen LogP contribution in [0.2, 0.25) is 0 Å². The first kappa shape index (κ1) is 11.0. The summed E-state index contributed by atoms with van der Waals surface area (Å²) in [5.41, 5.74) is 2.73. The van der Waals surface area contributed by atoms with Crippen molar-refractivity contribution in [1.82, 2.24) is 9.55 Å². The summed E-state index contributed by atoms with van der Waals surface area (Å²) in [6.45, 7) is 1.14. The molecule has 2 nitrogen and oxygen atoms in total. The molecule has 0 N–H and O–H groups in total. The van der Waals surface area contributed by atoms with Gasteiger partial charge in [-0.05, 0) is 37.0 Å². The number of hydrogen-bond acceptors (Lipinski definition) is 1. The van der Waals surface area contributed by atoms with E-state index in [0.29, 0.717) is 0 Å². The lowest BCUT2D eigenvalue weighted by Gasteiger charge is -2.16. The van der Waals surface area contributed by atoms with Gasteiger partial charge in [-0.15, -0.1) is 0 Å². The smallest absolute Gasteiger partial charge is 0.113 e. The first-order valence-electron chi connectivity index (χ1n) is 6.10. The van der Waals surface area contributed by atoms with Gasteiger partial charge in [-0.1, -0.05) is 28.1 Å². The number of hydrogen-bond donors (Lipinski definition) is 0. The first-order chi connectivity index (χ1) is 8.33. The molecule has 0 fully saturated rings. The highest BCUT2D eigenvalue weighted by Gasteiger charge is 2.13. The largest absolute Gasteiger partial charge is 0.332 e. The fraction of sp³-hybridized carbons (Fsp3) is 0.357. The zero-order valence-corrected chi connectivity index (χ0v) is 11.3. The first-order valence-corrected chi connectivity index (χ1v) is 6.90. The van der Waals surface area contributed by atoms with Crippen molar-refractivity contribution in [2.75, 3.05) is 0 Å². The van der Waals surface area contributed by atoms with Crippen molar-refractivity contribution in [2.24, 2.45) is 0 Å². The highest BCUT2D eigenvalue weighted by atomic mass is 79.9. The lowest BCUT2D eigenvalue weighted by atomic mass is 10.1. The summed E-state index contributed by atoms with van der Waals surface area (Å²) in [5, 5.41) is 0. The zero-order chi connectivity index (χ0) is 11.7. The van der Waals surface area contributed by atoms with Gasteiger partial charge in [0.15, 0.2) is 0 Å². The number of aryl methyl sites for hydroxylation is 1. The maximum absolute atomic E-state index is 4.57. The van der Waals surface area contributed by atoms with Gasteiger partial charge in [0.05, 0.1) is 0 Å². The Bertz CT molecular complexity index is 514. The standard InChI is InChI=1S/C14H15BrN2/c15-12-6-4-11(5-7-12)9-14-16-10-13-3-1-2-8-17(13)14/h4-7,10H,1-3,8-9H2. The van der Waals surface area contributed by atoms with Crippen LogP contribution in [0.15, 0.2) is 34.9 Å². The molecule has 1 aromatic carbocycles. The molecule has 88 valence electrons. The average Bonchev–Trinajstić information content (AvgIpc) is 2.76. The second-order valence-corrected chi connectivity index (χ2v) is 5.49. The summed E-state index contributed by atoms with van der Waals surface area (Å²) >= 11 is 3.46. The van der Waals surface area contributed by atoms with Crippen molar-refractivity contribution in [1.29, 1.82) is 0 Å². The number of halogens is 1. The summed E-state index contributed by atoms with van der Waals surface area (Å²) in [7, 11) is 0. The van der Waals surface area contributed by atoms with Gasteiger partial charge in [0, 0.05) is 29.3 Å². The predicted molar refractivity (Wildman–Crippen MR) is 72.1 cm³/mol. The van der Waals surface area contributed by atoms with Gasteiger partial charge in [-0.3, -0.25) is 0 Å². The van der Waals surface area contributed by atoms with Crippen LogP contribution in [0.1, 0.15) is 29.9 Å². The van der Waals surface area contributed by atoms with E-state index in [1.165, 1.54) is 36.3 Å². The van der Waals surface area contributed by atoms with E-state index in [1.54, 1.807) is 0 Å². The second kappa shape index (κ2) is 4.65. The van der Waals surface area contributed by atoms with E-state index in [4.69, 9.17) is 0 Å². The Morgan fingerprint density at radius 2 is 2.00 bits per heavy atom. The molecule has 1 aromatic heterocycles. The molecule has 0 spiro atoms. The third-order valence-corrected chi connectivity index (χ3v) is 3.89. The van der Waals surface area contributed by atoms with Crippen LogP contribution in [0, 0.1) is 0 Å². The molecule has 0 saturated carbocycles. The van der Waals surface area contributed by atoms with Crippen LogP contribution in [0.5, 0.6) is 0 Å². The highest BCUT2D eigenvalue weighted by Crippen LogP contribution is 2.19. The molecule has 0 unspecified atom stereocenters. The molecule has 1 aliphatic heterocycles. The average molecular weight is 291 g/mol. The minimum absolute atomic E-state index is 0.938. The van der Waals surface area contributed by atoms with Gasteiger partial charge in [0.2, 0.25) is 0 Å². The van der Waals surface area contributed by atoms with Crippen molar-refractivity contribution >= 4 is 15.9 Å². The molecule has 0 bridgehead atoms. The highest BCUT2D eigenvalue weighted by molar-refractivity contribution is 9.10. The van der Waals surface area contributed by atoms with Gasteiger partial charge in [-0.2, -0.15) is 0 Å². The topological polar surface area (TPSA) is 17.8 Å². The monoisotopic (exact) mass is 290 g/mol. The predicted octanol–water partition coefficient (Wildman–Crippen LogP) is 3.57. The van der Waals surface area contributed by atoms with Crippen molar-refractivity contribution < 1.29 is 0 Å². The van der Waals surface area contributed by atoms with Gasteiger partial charge >= 0.3 is 0 Å². The van der Waals surface area contributed by atoms with Gasteiger partial charge in [0.1, 0.15) is 5.82 Å². The van der Waals surface area contributed by atoms with Crippen LogP contribution in [-0.4, -0.2) is 9.55 Å². The molecule has 0 saturated heterocycles. The van der Waals surface area contributed by atoms with Crippen LogP contribution in [0.3, 0.4) is 0 Å². The summed E-state index contributed by atoms with van der Waals surface area (Å²) in [6.07, 6.45) is 6.77. The molecule has 2 heterocycles. The molecule has 3 heteroatoms. The molecule has 0 aliphatic carbocycles. The molecule has 3 rings (SSSR count). The Labute approximate surface area is 110 Å². The summed E-state index contributed by atoms with van der Waals surface area (Å²) in [5.74, 6) is 1.21. The molecular formula is C14H15BrN2. The number of imidazole rings is 1. The molecular weight excluding hydrogens is 276 g/mol. The Balaban J connectivity index is 1.85. The summed E-state index contributed by atoms with van der Waals surface area (Å²) in [4.78, 5) is 4.57. The third-order valence-electron chi connectivity index (χ3n) is 3.36. The van der Waals surface area contributed by atoms with Crippen LogP contribution in [0.25, 0.3) is 0 Å². The van der Waals surface area contributed by atoms with E-state index in [-0.39, 0.29) is 0 Å². The van der Waals surface area contributed by atoms with E-state index in [0.717, 1.165) is 17.4 Å². The van der Waals surface area contributed by atoms with Crippen LogP contribution in [0.4, 0.5) is 0 Å². The minimum Gasteiger partial charge on any atom is -0.332 e. The number of benzene rings is 1. The van der Waals surface area contributed by atoms with E-state index in [9.17, 15) is 0 Å². The molecule has 2 aromatic rings. The number of aromatic nitrogens is 2. The minimum atomic E-state index is 0.938. The van der Waals surface area contributed by atoms with Gasteiger partial charge < -0.3 is 4.57 Å². The summed E-state index contributed by atoms with van der Waals surface area (Å²) < 4.78 is 3.53. The fourth-order valence-corrected chi connectivity index (χ4v) is 2.69. The van der Waals surface area contributed by atoms with Crippen molar-refractivity contribution in [3.63, 3.8) is 0 Å². The van der Waals surface area contributed by atoms with Crippen LogP contribution >= 0.6 is 15.9 Å². The Hall–Kier alpha value is -1.09. The Morgan fingerprint density at radius 1 is 1.18 bits per heavy atom. The number of fused-ring (bicyclic) bond motifs is 1. The maximum Gasteiger partial charge on any atom is 0.113 e. The van der Waals surface area contributed by atoms with Gasteiger partial charge in [0.25, 0.3) is 0 Å². The number of nitrogens with zero attached hydrogens (tertiary/aromatic N) is 2. The molecule has 0 atom stereocenters. The van der Waals surface area contributed by atoms with Crippen LogP contribution in [-0.2, 0) is 19.4 Å². The Kier molecular flexibility index (Phi) is 3.02. The van der Waals surface area contributed by atoms with Gasteiger partial charge in [-0.25, -0.2) is 4.98 Å². The lowest BCUT2D eigenvalue weighted by Crippen LogP contribution is -2.12. The SMILES string of the molecule is Brc1ccc(Cc2ncc3n2CCCC3)cc1. The van der Waals surface area contributed by atoms with E-state index < -0.39 is 0 Å². The Morgan fingerprint density at radius 3 is 2.82 bits per heavy atom. The zero-order valence-electron chi connectivity index (χ0n) is 9.69. The maximum atomic E-state index is 4.57. The quantitative estimate of drug-likeness (QED) is 0.827. The van der Waals surface area contributed by atoms with E-state index >= 15 is 0 Å². The van der Waals surface area contributed by atoms with Crippen molar-refractivity contribution in [2.45, 2.75) is 32.2 Å². The number of rotatable bonds is 2. The molecule has 17 heavy (non-hydrogen) atoms.